The quantitative estimate of drug-likeness (QED) is 0.828. The topological polar surface area (TPSA) is 43.6 Å². The van der Waals surface area contributed by atoms with Crippen LogP contribution in [-0.2, 0) is 5.54 Å². The molecule has 1 saturated carbocycles. The zero-order chi connectivity index (χ0) is 13.6. The summed E-state index contributed by atoms with van der Waals surface area (Å²) in [6, 6.07) is 6.04. The van der Waals surface area contributed by atoms with Crippen molar-refractivity contribution in [1.82, 2.24) is 19.7 Å². The monoisotopic (exact) mass is 256 g/mol. The van der Waals surface area contributed by atoms with Crippen molar-refractivity contribution in [2.75, 3.05) is 0 Å². The molecule has 0 N–H and O–H groups in total. The number of hydrogen-bond donors (Lipinski definition) is 0. The van der Waals surface area contributed by atoms with Crippen LogP contribution in [0.5, 0.6) is 0 Å². The maximum atomic E-state index is 4.74. The van der Waals surface area contributed by atoms with Crippen LogP contribution >= 0.6 is 0 Å². The molecule has 0 atom stereocenters. The molecule has 4 heteroatoms. The minimum absolute atomic E-state index is 0.0824. The van der Waals surface area contributed by atoms with Gasteiger partial charge in [-0.05, 0) is 52.7 Å². The second kappa shape index (κ2) is 4.15. The molecule has 0 unspecified atom stereocenters. The molecule has 0 spiro atoms. The molecule has 2 heterocycles. The van der Waals surface area contributed by atoms with Gasteiger partial charge in [0.05, 0.1) is 5.54 Å². The highest BCUT2D eigenvalue weighted by Crippen LogP contribution is 2.39. The minimum Gasteiger partial charge on any atom is -0.250 e. The van der Waals surface area contributed by atoms with Crippen LogP contribution in [0.15, 0.2) is 18.2 Å². The van der Waals surface area contributed by atoms with Crippen LogP contribution in [0.1, 0.15) is 51.0 Å². The Labute approximate surface area is 113 Å². The van der Waals surface area contributed by atoms with Gasteiger partial charge in [0, 0.05) is 11.6 Å². The highest BCUT2D eigenvalue weighted by molar-refractivity contribution is 5.50. The molecule has 1 aliphatic rings. The van der Waals surface area contributed by atoms with Crippen molar-refractivity contribution in [2.24, 2.45) is 0 Å². The molecule has 0 saturated heterocycles. The highest BCUT2D eigenvalue weighted by atomic mass is 15.4. The Hall–Kier alpha value is -1.71. The molecule has 1 fully saturated rings. The molecule has 2 aromatic heterocycles. The fourth-order valence-electron chi connectivity index (χ4n) is 2.14. The highest BCUT2D eigenvalue weighted by Gasteiger charge is 2.31. The first kappa shape index (κ1) is 12.3. The van der Waals surface area contributed by atoms with E-state index in [0.717, 1.165) is 23.0 Å². The van der Waals surface area contributed by atoms with Crippen molar-refractivity contribution in [3.8, 4) is 11.5 Å². The average Bonchev–Trinajstić information content (AvgIpc) is 3.06. The Bertz CT molecular complexity index is 603. The van der Waals surface area contributed by atoms with Gasteiger partial charge in [-0.2, -0.15) is 5.10 Å². The maximum absolute atomic E-state index is 4.74. The predicted octanol–water partition coefficient (Wildman–Crippen LogP) is 3.28. The molecule has 0 radical (unpaired) electrons. The van der Waals surface area contributed by atoms with E-state index in [4.69, 9.17) is 10.1 Å². The first-order chi connectivity index (χ1) is 8.95. The summed E-state index contributed by atoms with van der Waals surface area (Å²) in [5.74, 6) is 2.43. The minimum atomic E-state index is -0.0824. The van der Waals surface area contributed by atoms with Crippen molar-refractivity contribution in [2.45, 2.75) is 52.0 Å². The third-order valence-electron chi connectivity index (χ3n) is 3.32. The molecular formula is C15H20N4. The van der Waals surface area contributed by atoms with Crippen LogP contribution in [0, 0.1) is 6.92 Å². The molecule has 3 rings (SSSR count). The van der Waals surface area contributed by atoms with Crippen LogP contribution < -0.4 is 0 Å². The Kier molecular flexibility index (Phi) is 2.69. The van der Waals surface area contributed by atoms with Gasteiger partial charge in [0.25, 0.3) is 0 Å². The zero-order valence-electron chi connectivity index (χ0n) is 12.0. The normalized spacial score (nSPS) is 15.8. The lowest BCUT2D eigenvalue weighted by atomic mass is 10.1. The molecule has 0 bridgehead atoms. The molecule has 2 aromatic rings. The summed E-state index contributed by atoms with van der Waals surface area (Å²) >= 11 is 0. The van der Waals surface area contributed by atoms with Gasteiger partial charge >= 0.3 is 0 Å². The van der Waals surface area contributed by atoms with Crippen LogP contribution in [0.3, 0.4) is 0 Å². The van der Waals surface area contributed by atoms with E-state index in [1.54, 1.807) is 0 Å². The van der Waals surface area contributed by atoms with E-state index < -0.39 is 0 Å². The van der Waals surface area contributed by atoms with Crippen molar-refractivity contribution in [1.29, 1.82) is 0 Å². The van der Waals surface area contributed by atoms with Gasteiger partial charge in [0.1, 0.15) is 5.69 Å². The largest absolute Gasteiger partial charge is 0.250 e. The lowest BCUT2D eigenvalue weighted by molar-refractivity contribution is 0.357. The first-order valence-electron chi connectivity index (χ1n) is 6.86. The van der Waals surface area contributed by atoms with Crippen LogP contribution in [0.25, 0.3) is 11.5 Å². The van der Waals surface area contributed by atoms with Gasteiger partial charge in [-0.1, -0.05) is 6.07 Å². The Balaban J connectivity index is 2.13. The van der Waals surface area contributed by atoms with Gasteiger partial charge in [0.15, 0.2) is 11.6 Å². The molecule has 19 heavy (non-hydrogen) atoms. The van der Waals surface area contributed by atoms with Crippen molar-refractivity contribution >= 4 is 0 Å². The molecule has 0 aliphatic heterocycles. The van der Waals surface area contributed by atoms with Crippen LogP contribution in [0.4, 0.5) is 0 Å². The molecule has 0 aromatic carbocycles. The number of hydrogen-bond acceptors (Lipinski definition) is 3. The van der Waals surface area contributed by atoms with Gasteiger partial charge in [-0.15, -0.1) is 0 Å². The third kappa shape index (κ3) is 2.39. The van der Waals surface area contributed by atoms with Crippen LogP contribution in [0.2, 0.25) is 0 Å². The number of pyridine rings is 1. The van der Waals surface area contributed by atoms with E-state index in [2.05, 4.69) is 25.8 Å². The van der Waals surface area contributed by atoms with E-state index in [9.17, 15) is 0 Å². The molecule has 0 amide bonds. The second-order valence-electron chi connectivity index (χ2n) is 6.31. The SMILES string of the molecule is Cc1cccc(-c2nc(C3CC3)nn2C(C)(C)C)n1. The lowest BCUT2D eigenvalue weighted by Crippen LogP contribution is -2.24. The fraction of sp³-hybridized carbons (Fsp3) is 0.533. The summed E-state index contributed by atoms with van der Waals surface area (Å²) in [5, 5.41) is 4.72. The van der Waals surface area contributed by atoms with E-state index in [-0.39, 0.29) is 5.54 Å². The summed E-state index contributed by atoms with van der Waals surface area (Å²) in [6.45, 7) is 8.45. The fourth-order valence-corrected chi connectivity index (χ4v) is 2.14. The number of rotatable bonds is 2. The number of aromatic nitrogens is 4. The Morgan fingerprint density at radius 3 is 2.47 bits per heavy atom. The van der Waals surface area contributed by atoms with E-state index >= 15 is 0 Å². The molecule has 4 nitrogen and oxygen atoms in total. The standard InChI is InChI=1S/C15H20N4/c1-10-6-5-7-12(16-10)14-17-13(11-8-9-11)18-19(14)15(2,3)4/h5-7,11H,8-9H2,1-4H3. The predicted molar refractivity (Wildman–Crippen MR) is 75.0 cm³/mol. The summed E-state index contributed by atoms with van der Waals surface area (Å²) in [4.78, 5) is 9.33. The molecular weight excluding hydrogens is 236 g/mol. The van der Waals surface area contributed by atoms with Crippen molar-refractivity contribution in [3.05, 3.63) is 29.7 Å². The first-order valence-corrected chi connectivity index (χ1v) is 6.86. The molecule has 1 aliphatic carbocycles. The van der Waals surface area contributed by atoms with E-state index in [0.29, 0.717) is 5.92 Å². The second-order valence-corrected chi connectivity index (χ2v) is 6.31. The van der Waals surface area contributed by atoms with E-state index in [1.807, 2.05) is 29.8 Å². The van der Waals surface area contributed by atoms with Gasteiger partial charge in [-0.25, -0.2) is 14.6 Å². The lowest BCUT2D eigenvalue weighted by Gasteiger charge is -2.21. The van der Waals surface area contributed by atoms with Gasteiger partial charge in [-0.3, -0.25) is 0 Å². The number of aryl methyl sites for hydroxylation is 1. The van der Waals surface area contributed by atoms with Crippen molar-refractivity contribution < 1.29 is 0 Å². The summed E-state index contributed by atoms with van der Waals surface area (Å²) in [6.07, 6.45) is 2.43. The van der Waals surface area contributed by atoms with Gasteiger partial charge < -0.3 is 0 Å². The number of nitrogens with zero attached hydrogens (tertiary/aromatic N) is 4. The molecule has 100 valence electrons. The average molecular weight is 256 g/mol. The van der Waals surface area contributed by atoms with Crippen LogP contribution in [-0.4, -0.2) is 19.7 Å². The van der Waals surface area contributed by atoms with Gasteiger partial charge in [0.2, 0.25) is 0 Å². The Morgan fingerprint density at radius 1 is 1.16 bits per heavy atom. The Morgan fingerprint density at radius 2 is 1.89 bits per heavy atom. The summed E-state index contributed by atoms with van der Waals surface area (Å²) in [5.41, 5.74) is 1.84. The third-order valence-corrected chi connectivity index (χ3v) is 3.32. The summed E-state index contributed by atoms with van der Waals surface area (Å²) in [7, 11) is 0. The zero-order valence-corrected chi connectivity index (χ0v) is 12.0. The maximum Gasteiger partial charge on any atom is 0.177 e. The smallest absolute Gasteiger partial charge is 0.177 e. The van der Waals surface area contributed by atoms with E-state index in [1.165, 1.54) is 12.8 Å². The van der Waals surface area contributed by atoms with Crippen molar-refractivity contribution in [3.63, 3.8) is 0 Å². The summed E-state index contributed by atoms with van der Waals surface area (Å²) < 4.78 is 2.02.